The lowest BCUT2D eigenvalue weighted by molar-refractivity contribution is 0.0119. The van der Waals surface area contributed by atoms with E-state index < -0.39 is 5.60 Å². The summed E-state index contributed by atoms with van der Waals surface area (Å²) in [7, 11) is 2.21. The maximum Gasteiger partial charge on any atom is 0.410 e. The van der Waals surface area contributed by atoms with E-state index in [0.29, 0.717) is 12.0 Å². The number of rotatable bonds is 1. The minimum Gasteiger partial charge on any atom is -0.444 e. The predicted octanol–water partition coefficient (Wildman–Crippen LogP) is 2.73. The van der Waals surface area contributed by atoms with Gasteiger partial charge >= 0.3 is 6.09 Å². The number of likely N-dealkylation sites (tertiary alicyclic amines) is 2. The Labute approximate surface area is 117 Å². The number of nitrogens with zero attached hydrogens (tertiary/aromatic N) is 2. The quantitative estimate of drug-likeness (QED) is 0.733. The molecule has 2 fully saturated rings. The molecule has 0 aromatic carbocycles. The van der Waals surface area contributed by atoms with E-state index in [9.17, 15) is 4.79 Å². The van der Waals surface area contributed by atoms with Gasteiger partial charge in [0.05, 0.1) is 0 Å². The molecule has 19 heavy (non-hydrogen) atoms. The normalized spacial score (nSPS) is 29.6. The summed E-state index contributed by atoms with van der Waals surface area (Å²) in [6.45, 7) is 8.70. The van der Waals surface area contributed by atoms with E-state index in [1.807, 2.05) is 25.7 Å². The number of carbonyl (C=O) groups is 1. The molecule has 0 aromatic rings. The maximum atomic E-state index is 12.1. The Balaban J connectivity index is 1.91. The van der Waals surface area contributed by atoms with Crippen LogP contribution in [0.3, 0.4) is 0 Å². The zero-order chi connectivity index (χ0) is 14.0. The van der Waals surface area contributed by atoms with Crippen molar-refractivity contribution in [2.75, 3.05) is 26.7 Å². The predicted molar refractivity (Wildman–Crippen MR) is 76.2 cm³/mol. The molecule has 0 aliphatic carbocycles. The van der Waals surface area contributed by atoms with Crippen LogP contribution in [0.5, 0.6) is 0 Å². The third-order valence-electron chi connectivity index (χ3n) is 4.23. The molecule has 0 spiro atoms. The van der Waals surface area contributed by atoms with Crippen LogP contribution in [0.1, 0.15) is 46.5 Å². The summed E-state index contributed by atoms with van der Waals surface area (Å²) in [5, 5.41) is 0. The van der Waals surface area contributed by atoms with Crippen molar-refractivity contribution in [3.63, 3.8) is 0 Å². The van der Waals surface area contributed by atoms with Crippen LogP contribution in [-0.4, -0.2) is 54.2 Å². The highest BCUT2D eigenvalue weighted by Gasteiger charge is 2.34. The third kappa shape index (κ3) is 3.85. The molecule has 2 atom stereocenters. The molecule has 2 aliphatic heterocycles. The highest BCUT2D eigenvalue weighted by Crippen LogP contribution is 2.29. The van der Waals surface area contributed by atoms with Crippen LogP contribution in [0.4, 0.5) is 4.79 Å². The molecule has 0 bridgehead atoms. The van der Waals surface area contributed by atoms with Crippen molar-refractivity contribution in [3.8, 4) is 0 Å². The van der Waals surface area contributed by atoms with Gasteiger partial charge in [-0.2, -0.15) is 0 Å². The fourth-order valence-electron chi connectivity index (χ4n) is 3.35. The lowest BCUT2D eigenvalue weighted by Crippen LogP contribution is -2.47. The molecule has 4 heteroatoms. The van der Waals surface area contributed by atoms with Crippen LogP contribution < -0.4 is 0 Å². The van der Waals surface area contributed by atoms with Crippen molar-refractivity contribution in [1.82, 2.24) is 9.80 Å². The molecule has 2 saturated heterocycles. The van der Waals surface area contributed by atoms with Crippen molar-refractivity contribution in [2.24, 2.45) is 5.92 Å². The minimum absolute atomic E-state index is 0.141. The van der Waals surface area contributed by atoms with Gasteiger partial charge in [-0.3, -0.25) is 0 Å². The van der Waals surface area contributed by atoms with E-state index in [4.69, 9.17) is 4.74 Å². The van der Waals surface area contributed by atoms with Gasteiger partial charge in [0, 0.05) is 19.1 Å². The van der Waals surface area contributed by atoms with Gasteiger partial charge in [0.15, 0.2) is 0 Å². The Kier molecular flexibility index (Phi) is 4.39. The van der Waals surface area contributed by atoms with Gasteiger partial charge < -0.3 is 14.5 Å². The number of piperidine rings is 1. The van der Waals surface area contributed by atoms with E-state index in [-0.39, 0.29) is 6.09 Å². The Morgan fingerprint density at radius 2 is 1.84 bits per heavy atom. The molecule has 0 saturated carbocycles. The standard InChI is InChI=1S/C15H28N2O2/c1-15(2,3)19-14(18)17-10-5-7-12(11-17)13-8-6-9-16(13)4/h12-13H,5-11H2,1-4H3/t12-,13-/m0/s1. The average molecular weight is 268 g/mol. The third-order valence-corrected chi connectivity index (χ3v) is 4.23. The fourth-order valence-corrected chi connectivity index (χ4v) is 3.35. The second-order valence-corrected chi connectivity index (χ2v) is 7.02. The summed E-state index contributed by atoms with van der Waals surface area (Å²) in [6, 6.07) is 0.658. The topological polar surface area (TPSA) is 32.8 Å². The first kappa shape index (κ1) is 14.6. The molecule has 2 aliphatic rings. The Bertz CT molecular complexity index is 325. The first-order valence-electron chi connectivity index (χ1n) is 7.55. The summed E-state index contributed by atoms with van der Waals surface area (Å²) in [4.78, 5) is 16.5. The molecule has 4 nitrogen and oxygen atoms in total. The number of amides is 1. The van der Waals surface area contributed by atoms with Gasteiger partial charge in [-0.1, -0.05) is 0 Å². The summed E-state index contributed by atoms with van der Waals surface area (Å²) in [5.74, 6) is 0.619. The van der Waals surface area contributed by atoms with Crippen molar-refractivity contribution < 1.29 is 9.53 Å². The van der Waals surface area contributed by atoms with Crippen LogP contribution in [0.2, 0.25) is 0 Å². The van der Waals surface area contributed by atoms with E-state index in [2.05, 4.69) is 11.9 Å². The zero-order valence-corrected chi connectivity index (χ0v) is 12.8. The smallest absolute Gasteiger partial charge is 0.410 e. The molecule has 1 amide bonds. The molecular weight excluding hydrogens is 240 g/mol. The summed E-state index contributed by atoms with van der Waals surface area (Å²) in [6.07, 6.45) is 4.79. The monoisotopic (exact) mass is 268 g/mol. The molecule has 110 valence electrons. The lowest BCUT2D eigenvalue weighted by atomic mass is 9.89. The highest BCUT2D eigenvalue weighted by molar-refractivity contribution is 5.68. The Morgan fingerprint density at radius 1 is 1.16 bits per heavy atom. The minimum atomic E-state index is -0.395. The van der Waals surface area contributed by atoms with Crippen LogP contribution in [0.15, 0.2) is 0 Å². The summed E-state index contributed by atoms with van der Waals surface area (Å²) in [5.41, 5.74) is -0.395. The maximum absolute atomic E-state index is 12.1. The molecule has 0 unspecified atom stereocenters. The van der Waals surface area contributed by atoms with Gasteiger partial charge in [-0.05, 0) is 66.0 Å². The van der Waals surface area contributed by atoms with Crippen LogP contribution in [0, 0.1) is 5.92 Å². The van der Waals surface area contributed by atoms with Gasteiger partial charge in [-0.25, -0.2) is 4.79 Å². The summed E-state index contributed by atoms with van der Waals surface area (Å²) < 4.78 is 5.49. The van der Waals surface area contributed by atoms with Crippen molar-refractivity contribution >= 4 is 6.09 Å². The van der Waals surface area contributed by atoms with Crippen molar-refractivity contribution in [1.29, 1.82) is 0 Å². The zero-order valence-electron chi connectivity index (χ0n) is 12.8. The van der Waals surface area contributed by atoms with Gasteiger partial charge in [0.2, 0.25) is 0 Å². The first-order valence-corrected chi connectivity index (χ1v) is 7.55. The molecule has 0 N–H and O–H groups in total. The molecule has 0 aromatic heterocycles. The second-order valence-electron chi connectivity index (χ2n) is 7.02. The lowest BCUT2D eigenvalue weighted by Gasteiger charge is -2.38. The van der Waals surface area contributed by atoms with Crippen molar-refractivity contribution in [3.05, 3.63) is 0 Å². The van der Waals surface area contributed by atoms with Gasteiger partial charge in [0.25, 0.3) is 0 Å². The molecule has 2 heterocycles. The molecule has 0 radical (unpaired) electrons. The molecule has 2 rings (SSSR count). The van der Waals surface area contributed by atoms with Crippen molar-refractivity contribution in [2.45, 2.75) is 58.1 Å². The van der Waals surface area contributed by atoms with E-state index in [1.54, 1.807) is 0 Å². The van der Waals surface area contributed by atoms with Gasteiger partial charge in [-0.15, -0.1) is 0 Å². The highest BCUT2D eigenvalue weighted by atomic mass is 16.6. The SMILES string of the molecule is CN1CCC[C@H]1[C@H]1CCCN(C(=O)OC(C)(C)C)C1. The Hall–Kier alpha value is -0.770. The number of hydrogen-bond donors (Lipinski definition) is 0. The Morgan fingerprint density at radius 3 is 2.42 bits per heavy atom. The van der Waals surface area contributed by atoms with E-state index >= 15 is 0 Å². The molecular formula is C15H28N2O2. The fraction of sp³-hybridized carbons (Fsp3) is 0.933. The van der Waals surface area contributed by atoms with Crippen LogP contribution >= 0.6 is 0 Å². The first-order chi connectivity index (χ1) is 8.87. The van der Waals surface area contributed by atoms with E-state index in [0.717, 1.165) is 19.5 Å². The van der Waals surface area contributed by atoms with E-state index in [1.165, 1.54) is 25.8 Å². The number of carbonyl (C=O) groups excluding carboxylic acids is 1. The average Bonchev–Trinajstić information content (AvgIpc) is 2.73. The van der Waals surface area contributed by atoms with Gasteiger partial charge in [0.1, 0.15) is 5.60 Å². The largest absolute Gasteiger partial charge is 0.444 e. The van der Waals surface area contributed by atoms with Crippen LogP contribution in [0.25, 0.3) is 0 Å². The summed E-state index contributed by atoms with van der Waals surface area (Å²) >= 11 is 0. The second kappa shape index (κ2) is 5.70. The van der Waals surface area contributed by atoms with Crippen LogP contribution in [-0.2, 0) is 4.74 Å². The number of hydrogen-bond acceptors (Lipinski definition) is 3. The number of ether oxygens (including phenoxy) is 1.